The van der Waals surface area contributed by atoms with Crippen molar-refractivity contribution in [1.29, 1.82) is 0 Å². The molecular formula is C79H95Br3ClN21O17S3. The number of fused-ring (bicyclic) bond motifs is 6. The van der Waals surface area contributed by atoms with Crippen molar-refractivity contribution in [2.75, 3.05) is 96.1 Å². The molecule has 15 rings (SSSR count). The largest absolute Gasteiger partial charge is 0.486 e. The number of nitrogen functional groups attached to an aromatic ring is 3. The molecule has 6 atom stereocenters. The zero-order chi connectivity index (χ0) is 88.9. The molecular weight excluding hydrogens is 1890 g/mol. The van der Waals surface area contributed by atoms with E-state index < -0.39 is 65.4 Å². The van der Waals surface area contributed by atoms with Gasteiger partial charge in [0.2, 0.25) is 23.6 Å². The van der Waals surface area contributed by atoms with Crippen LogP contribution in [-0.4, -0.2) is 240 Å². The van der Waals surface area contributed by atoms with Crippen LogP contribution in [0.5, 0.6) is 34.5 Å². The van der Waals surface area contributed by atoms with E-state index in [1.165, 1.54) is 88.9 Å². The summed E-state index contributed by atoms with van der Waals surface area (Å²) in [6.45, 7) is 20.4. The van der Waals surface area contributed by atoms with Crippen molar-refractivity contribution in [2.24, 2.45) is 23.5 Å². The number of hydrogen-bond donors (Lipinski definition) is 7. The average molecular weight is 1980 g/mol. The summed E-state index contributed by atoms with van der Waals surface area (Å²) in [5, 5.41) is 16.2. The standard InChI is InChI=1S/C27H32BrN7O6S.C25H30BrN7O5S.C22H26BrN7O3S.C5H7ClO3/c1-14(32-25(37)15(2)41-16(3)36)26(38)34-6-4-17(5-7-34)12-35-24-22(23(29)30-13-31-24)33-27(35)42-21-11-20-19(10-18(21)28)39-8-9-40-20;1-13(30-23(35)14(2)34)24(36)32-5-3-15(4-6-32)11-33-22-20(21(27)28-12-29-22)31-25(33)39-19-10-18-17(9-16(19)26)37-7-8-38-18;1-12(24)21(31)29-4-2-13(3-5-29)10-30-20-18(19(25)26-11-27-20)28-22(30)34-17-9-16-15(8-14(17)23)32-6-7-33-16;1-3(5(6)8)9-4(2)7/h10-11,13-15,17H,4-9,12H2,1-3H3,(H,32,37)(H2,29,30,31);9-10,12-15,34H,3-8,11H2,1-2H3,(H,30,35)(H2,27,28,29);8-9,11-13H,2-7,10,24H2,1H3,(H2,25,26,27);3H,1-2H3/t14-,15+;13-,14+;12-;3-/m1111/s1. The fourth-order valence-corrected chi connectivity index (χ4v) is 18.7. The molecule has 3 fully saturated rings. The molecule has 0 spiro atoms. The summed E-state index contributed by atoms with van der Waals surface area (Å²) in [5.74, 6) is 3.59. The Balaban J connectivity index is 0.000000162. The summed E-state index contributed by atoms with van der Waals surface area (Å²) in [5.41, 5.74) is 27.9. The summed E-state index contributed by atoms with van der Waals surface area (Å²) in [4.78, 5) is 142. The van der Waals surface area contributed by atoms with Crippen LogP contribution in [-0.2, 0) is 67.5 Å². The predicted molar refractivity (Wildman–Crippen MR) is 469 cm³/mol. The molecule has 6 aliphatic rings. The van der Waals surface area contributed by atoms with Gasteiger partial charge in [-0.15, -0.1) is 0 Å². The van der Waals surface area contributed by atoms with Crippen LogP contribution in [0.25, 0.3) is 33.5 Å². The number of aromatic nitrogens is 12. The molecule has 9 aromatic rings. The molecule has 6 aromatic heterocycles. The average Bonchev–Trinajstić information content (AvgIpc) is 1.64. The number of nitrogens with two attached hydrogens (primary N) is 4. The molecule has 3 aromatic carbocycles. The Hall–Kier alpha value is -9.83. The maximum absolute atomic E-state index is 13.0. The van der Waals surface area contributed by atoms with Gasteiger partial charge in [-0.2, -0.15) is 0 Å². The quantitative estimate of drug-likeness (QED) is 0.0247. The zero-order valence-electron chi connectivity index (χ0n) is 69.0. The van der Waals surface area contributed by atoms with Gasteiger partial charge < -0.3 is 105 Å². The molecule has 6 aliphatic heterocycles. The van der Waals surface area contributed by atoms with Crippen molar-refractivity contribution in [3.8, 4) is 34.5 Å². The smallest absolute Gasteiger partial charge is 0.303 e. The number of aliphatic hydroxyl groups excluding tert-OH is 1. The van der Waals surface area contributed by atoms with Gasteiger partial charge in [-0.25, -0.2) is 44.9 Å². The Kier molecular flexibility index (Phi) is 31.9. The molecule has 124 heavy (non-hydrogen) atoms. The van der Waals surface area contributed by atoms with Crippen LogP contribution >= 0.6 is 94.7 Å². The maximum atomic E-state index is 13.0. The number of ether oxygens (including phenoxy) is 8. The number of carbonyl (C=O) groups excluding carboxylic acids is 8. The van der Waals surface area contributed by atoms with Crippen molar-refractivity contribution in [2.45, 2.75) is 180 Å². The maximum Gasteiger partial charge on any atom is 0.303 e. The molecule has 664 valence electrons. The summed E-state index contributed by atoms with van der Waals surface area (Å²) in [6.07, 6.45) is 6.22. The lowest BCUT2D eigenvalue weighted by Crippen LogP contribution is -2.51. The molecule has 3 saturated heterocycles. The molecule has 0 aliphatic carbocycles. The number of halogens is 4. The monoisotopic (exact) mass is 1980 g/mol. The highest BCUT2D eigenvalue weighted by molar-refractivity contribution is 9.11. The third-order valence-corrected chi connectivity index (χ3v) is 26.9. The molecule has 11 N–H and O–H groups in total. The topological polar surface area (TPSA) is 499 Å². The first-order chi connectivity index (χ1) is 59.2. The van der Waals surface area contributed by atoms with Crippen molar-refractivity contribution < 1.29 is 81.4 Å². The highest BCUT2D eigenvalue weighted by atomic mass is 79.9. The number of anilines is 3. The zero-order valence-corrected chi connectivity index (χ0v) is 76.9. The normalized spacial score (nSPS) is 16.6. The van der Waals surface area contributed by atoms with E-state index in [2.05, 4.69) is 107 Å². The van der Waals surface area contributed by atoms with Crippen molar-refractivity contribution in [3.05, 3.63) is 68.8 Å². The van der Waals surface area contributed by atoms with Crippen LogP contribution < -0.4 is 62.0 Å². The minimum Gasteiger partial charge on any atom is -0.486 e. The lowest BCUT2D eigenvalue weighted by atomic mass is 9.96. The third-order valence-electron chi connectivity index (χ3n) is 20.7. The van der Waals surface area contributed by atoms with Gasteiger partial charge in [-0.3, -0.25) is 38.4 Å². The summed E-state index contributed by atoms with van der Waals surface area (Å²) >= 11 is 20.4. The number of nitrogens with zero attached hydrogens (tertiary/aromatic N) is 15. The minimum atomic E-state index is -1.16. The molecule has 0 saturated carbocycles. The molecule has 38 nitrogen and oxygen atoms in total. The Morgan fingerprint density at radius 3 is 1.02 bits per heavy atom. The molecule has 0 unspecified atom stereocenters. The number of hydrogen-bond acceptors (Lipinski definition) is 33. The Morgan fingerprint density at radius 1 is 0.460 bits per heavy atom. The van der Waals surface area contributed by atoms with Crippen molar-refractivity contribution in [3.63, 3.8) is 0 Å². The van der Waals surface area contributed by atoms with Crippen LogP contribution in [0.4, 0.5) is 17.5 Å². The molecule has 45 heteroatoms. The van der Waals surface area contributed by atoms with E-state index in [4.69, 9.17) is 82.6 Å². The van der Waals surface area contributed by atoms with Crippen molar-refractivity contribution in [1.82, 2.24) is 83.9 Å². The highest BCUT2D eigenvalue weighted by Gasteiger charge is 2.35. The van der Waals surface area contributed by atoms with Crippen LogP contribution in [0.2, 0.25) is 0 Å². The van der Waals surface area contributed by atoms with E-state index in [0.717, 1.165) is 89.2 Å². The molecule has 0 radical (unpaired) electrons. The second-order valence-corrected chi connectivity index (χ2v) is 35.9. The number of imidazole rings is 3. The molecule has 0 bridgehead atoms. The van der Waals surface area contributed by atoms with E-state index in [0.29, 0.717) is 183 Å². The van der Waals surface area contributed by atoms with E-state index in [9.17, 15) is 43.5 Å². The lowest BCUT2D eigenvalue weighted by Gasteiger charge is -2.34. The summed E-state index contributed by atoms with van der Waals surface area (Å²) < 4.78 is 52.5. The second-order valence-electron chi connectivity index (χ2n) is 29.9. The van der Waals surface area contributed by atoms with Gasteiger partial charge in [0.15, 0.2) is 113 Å². The number of aliphatic hydroxyl groups is 1. The predicted octanol–water partition coefficient (Wildman–Crippen LogP) is 8.39. The fraction of sp³-hybridized carbons (Fsp3) is 0.481. The fourth-order valence-electron chi connectivity index (χ4n) is 14.2. The number of rotatable bonds is 22. The Labute approximate surface area is 755 Å². The SMILES string of the molecule is CC(=O)O[C@@H](C)C(=O)N[C@H](C)C(=O)N1CCC(Cn2c(Sc3cc4c(cc3Br)OCCO4)nc3c(N)ncnc32)CC1.CC(=O)O[C@H](C)C(=O)Cl.C[C@@H](N)C(=O)N1CCC(Cn2c(Sc3cc4c(cc3Br)OCCO4)nc3c(N)ncnc32)CC1.C[C@H](O)C(=O)N[C@H](C)C(=O)N1CCC(Cn2c(Sc3cc4c(cc3Br)OCCO4)nc3c(N)ncnc32)CC1. The first-order valence-electron chi connectivity index (χ1n) is 39.9. The first-order valence-corrected chi connectivity index (χ1v) is 45.1. The second kappa shape index (κ2) is 42.4. The van der Waals surface area contributed by atoms with Crippen molar-refractivity contribution >= 4 is 192 Å². The van der Waals surface area contributed by atoms with E-state index >= 15 is 0 Å². The number of carbonyl (C=O) groups is 8. The number of benzene rings is 3. The number of esters is 2. The minimum absolute atomic E-state index is 0.00625. The number of amides is 5. The van der Waals surface area contributed by atoms with Crippen LogP contribution in [0.15, 0.2) is 99.0 Å². The van der Waals surface area contributed by atoms with Crippen LogP contribution in [0, 0.1) is 17.8 Å². The lowest BCUT2D eigenvalue weighted by molar-refractivity contribution is -0.153. The van der Waals surface area contributed by atoms with Gasteiger partial charge in [-0.1, -0.05) is 35.3 Å². The van der Waals surface area contributed by atoms with Gasteiger partial charge in [0.05, 0.1) is 6.04 Å². The van der Waals surface area contributed by atoms with Gasteiger partial charge in [0.25, 0.3) is 11.1 Å². The van der Waals surface area contributed by atoms with Gasteiger partial charge >= 0.3 is 11.9 Å². The molecule has 5 amide bonds. The van der Waals surface area contributed by atoms with Crippen LogP contribution in [0.3, 0.4) is 0 Å². The third kappa shape index (κ3) is 23.4. The van der Waals surface area contributed by atoms with E-state index in [-0.39, 0.29) is 29.6 Å². The van der Waals surface area contributed by atoms with Gasteiger partial charge in [0.1, 0.15) is 76.8 Å². The van der Waals surface area contributed by atoms with Gasteiger partial charge in [-0.05, 0) is 194 Å². The first kappa shape index (κ1) is 93.3. The Morgan fingerprint density at radius 2 is 0.742 bits per heavy atom. The number of nitrogens with one attached hydrogen (secondary N) is 2. The molecule has 12 heterocycles. The summed E-state index contributed by atoms with van der Waals surface area (Å²) in [6, 6.07) is 9.62. The highest BCUT2D eigenvalue weighted by Crippen LogP contribution is 2.47. The number of likely N-dealkylation sites (tertiary alicyclic amines) is 3. The Bertz CT molecular complexity index is 5440. The van der Waals surface area contributed by atoms with E-state index in [1.807, 2.05) is 41.3 Å². The number of piperidine rings is 3. The van der Waals surface area contributed by atoms with Crippen LogP contribution in [0.1, 0.15) is 93.9 Å². The summed E-state index contributed by atoms with van der Waals surface area (Å²) in [7, 11) is 0. The van der Waals surface area contributed by atoms with Gasteiger partial charge in [0, 0.05) is 101 Å². The van der Waals surface area contributed by atoms with E-state index in [1.54, 1.807) is 30.6 Å².